The SMILES string of the molecule is CC(C)c1c(Cl)c(Cl)c([N+](=O)[O-])c(C(C)C)c1[N+](=O)[O-]. The summed E-state index contributed by atoms with van der Waals surface area (Å²) in [6, 6.07) is 0. The highest BCUT2D eigenvalue weighted by molar-refractivity contribution is 6.44. The average Bonchev–Trinajstić information content (AvgIpc) is 2.29. The van der Waals surface area contributed by atoms with E-state index in [2.05, 4.69) is 0 Å². The molecule has 110 valence electrons. The van der Waals surface area contributed by atoms with Crippen molar-refractivity contribution < 1.29 is 9.85 Å². The average molecular weight is 321 g/mol. The molecule has 1 aromatic carbocycles. The molecular formula is C12H14Cl2N2O4. The van der Waals surface area contributed by atoms with Gasteiger partial charge in [0.25, 0.3) is 11.4 Å². The van der Waals surface area contributed by atoms with Gasteiger partial charge >= 0.3 is 0 Å². The Morgan fingerprint density at radius 3 is 1.50 bits per heavy atom. The summed E-state index contributed by atoms with van der Waals surface area (Å²) < 4.78 is 0. The molecule has 1 rings (SSSR count). The maximum Gasteiger partial charge on any atom is 0.299 e. The van der Waals surface area contributed by atoms with E-state index in [1.54, 1.807) is 27.7 Å². The maximum absolute atomic E-state index is 11.4. The summed E-state index contributed by atoms with van der Waals surface area (Å²) in [6.07, 6.45) is 0. The first-order valence-electron chi connectivity index (χ1n) is 5.94. The first-order chi connectivity index (χ1) is 9.11. The molecule has 0 radical (unpaired) electrons. The molecule has 0 saturated carbocycles. The number of nitro benzene ring substituents is 2. The summed E-state index contributed by atoms with van der Waals surface area (Å²) in [6.45, 7) is 6.73. The van der Waals surface area contributed by atoms with Crippen molar-refractivity contribution in [1.29, 1.82) is 0 Å². The van der Waals surface area contributed by atoms with Crippen LogP contribution >= 0.6 is 23.2 Å². The van der Waals surface area contributed by atoms with Crippen LogP contribution in [-0.4, -0.2) is 9.85 Å². The minimum Gasteiger partial charge on any atom is -0.258 e. The summed E-state index contributed by atoms with van der Waals surface area (Å²) in [5.41, 5.74) is -0.548. The van der Waals surface area contributed by atoms with Crippen molar-refractivity contribution in [2.75, 3.05) is 0 Å². The summed E-state index contributed by atoms with van der Waals surface area (Å²) >= 11 is 12.0. The first kappa shape index (κ1) is 16.7. The van der Waals surface area contributed by atoms with Gasteiger partial charge in [0.15, 0.2) is 0 Å². The number of rotatable bonds is 4. The number of hydrogen-bond acceptors (Lipinski definition) is 4. The third kappa shape index (κ3) is 2.71. The molecule has 0 aliphatic carbocycles. The zero-order valence-electron chi connectivity index (χ0n) is 11.4. The van der Waals surface area contributed by atoms with Crippen molar-refractivity contribution >= 4 is 34.6 Å². The Morgan fingerprint density at radius 1 is 0.800 bits per heavy atom. The molecule has 0 amide bonds. The molecule has 6 nitrogen and oxygen atoms in total. The van der Waals surface area contributed by atoms with E-state index in [0.717, 1.165) is 0 Å². The van der Waals surface area contributed by atoms with E-state index in [-0.39, 0.29) is 32.8 Å². The van der Waals surface area contributed by atoms with Crippen molar-refractivity contribution in [3.8, 4) is 0 Å². The fourth-order valence-electron chi connectivity index (χ4n) is 2.15. The third-order valence-corrected chi connectivity index (χ3v) is 3.78. The van der Waals surface area contributed by atoms with Crippen LogP contribution in [0.25, 0.3) is 0 Å². The highest BCUT2D eigenvalue weighted by Crippen LogP contribution is 2.49. The molecule has 0 bridgehead atoms. The standard InChI is InChI=1S/C12H14Cl2N2O4/c1-5(2)7-9(13)10(14)12(16(19)20)8(6(3)4)11(7)15(17)18/h5-6H,1-4H3. The van der Waals surface area contributed by atoms with E-state index in [4.69, 9.17) is 23.2 Å². The number of nitrogens with zero attached hydrogens (tertiary/aromatic N) is 2. The Kier molecular flexibility index (Phi) is 4.94. The van der Waals surface area contributed by atoms with Gasteiger partial charge in [0.05, 0.1) is 20.4 Å². The van der Waals surface area contributed by atoms with Crippen molar-refractivity contribution in [2.24, 2.45) is 0 Å². The fraction of sp³-hybridized carbons (Fsp3) is 0.500. The molecular weight excluding hydrogens is 307 g/mol. The molecule has 0 fully saturated rings. The number of benzene rings is 1. The lowest BCUT2D eigenvalue weighted by Gasteiger charge is -2.16. The normalized spacial score (nSPS) is 11.2. The minimum absolute atomic E-state index is 0.0121. The second-order valence-corrected chi connectivity index (χ2v) is 5.73. The fourth-order valence-corrected chi connectivity index (χ4v) is 2.82. The van der Waals surface area contributed by atoms with Gasteiger partial charge in [-0.05, 0) is 11.8 Å². The van der Waals surface area contributed by atoms with Crippen LogP contribution in [0.4, 0.5) is 11.4 Å². The van der Waals surface area contributed by atoms with Crippen LogP contribution in [0.5, 0.6) is 0 Å². The number of halogens is 2. The third-order valence-electron chi connectivity index (χ3n) is 2.92. The van der Waals surface area contributed by atoms with Gasteiger partial charge in [0.1, 0.15) is 10.6 Å². The molecule has 0 aromatic heterocycles. The number of hydrogen-bond donors (Lipinski definition) is 0. The number of nitro groups is 2. The molecule has 0 saturated heterocycles. The van der Waals surface area contributed by atoms with Gasteiger partial charge in [-0.2, -0.15) is 0 Å². The summed E-state index contributed by atoms with van der Waals surface area (Å²) in [4.78, 5) is 21.2. The maximum atomic E-state index is 11.4. The molecule has 0 atom stereocenters. The van der Waals surface area contributed by atoms with E-state index in [1.807, 2.05) is 0 Å². The van der Waals surface area contributed by atoms with Gasteiger partial charge in [0, 0.05) is 0 Å². The first-order valence-corrected chi connectivity index (χ1v) is 6.70. The molecule has 0 spiro atoms. The van der Waals surface area contributed by atoms with Gasteiger partial charge in [-0.25, -0.2) is 0 Å². The molecule has 0 heterocycles. The molecule has 0 aliphatic rings. The highest BCUT2D eigenvalue weighted by Gasteiger charge is 2.37. The summed E-state index contributed by atoms with van der Waals surface area (Å²) in [5, 5.41) is 22.2. The second kappa shape index (κ2) is 5.93. The predicted molar refractivity (Wildman–Crippen MR) is 77.9 cm³/mol. The van der Waals surface area contributed by atoms with Crippen LogP contribution in [0.1, 0.15) is 50.7 Å². The topological polar surface area (TPSA) is 86.3 Å². The van der Waals surface area contributed by atoms with Crippen LogP contribution in [0.3, 0.4) is 0 Å². The van der Waals surface area contributed by atoms with Gasteiger partial charge in [0.2, 0.25) is 0 Å². The molecule has 1 aromatic rings. The smallest absolute Gasteiger partial charge is 0.258 e. The van der Waals surface area contributed by atoms with E-state index in [0.29, 0.717) is 0 Å². The molecule has 0 aliphatic heterocycles. The Balaban J connectivity index is 4.03. The summed E-state index contributed by atoms with van der Waals surface area (Å²) in [5.74, 6) is -0.707. The van der Waals surface area contributed by atoms with Crippen LogP contribution in [-0.2, 0) is 0 Å². The largest absolute Gasteiger partial charge is 0.299 e. The Hall–Kier alpha value is -1.40. The quantitative estimate of drug-likeness (QED) is 0.573. The van der Waals surface area contributed by atoms with E-state index >= 15 is 0 Å². The van der Waals surface area contributed by atoms with Crippen molar-refractivity contribution in [2.45, 2.75) is 39.5 Å². The van der Waals surface area contributed by atoms with E-state index in [9.17, 15) is 20.2 Å². The van der Waals surface area contributed by atoms with Crippen molar-refractivity contribution in [3.63, 3.8) is 0 Å². The zero-order chi connectivity index (χ0) is 15.8. The van der Waals surface area contributed by atoms with Crippen molar-refractivity contribution in [3.05, 3.63) is 41.4 Å². The lowest BCUT2D eigenvalue weighted by molar-refractivity contribution is -0.396. The molecule has 0 N–H and O–H groups in total. The second-order valence-electron chi connectivity index (χ2n) is 4.98. The Bertz CT molecular complexity index is 586. The zero-order valence-corrected chi connectivity index (χ0v) is 12.9. The molecule has 20 heavy (non-hydrogen) atoms. The van der Waals surface area contributed by atoms with E-state index < -0.39 is 21.5 Å². The van der Waals surface area contributed by atoms with Gasteiger partial charge in [-0.15, -0.1) is 0 Å². The van der Waals surface area contributed by atoms with Gasteiger partial charge in [-0.1, -0.05) is 50.9 Å². The van der Waals surface area contributed by atoms with Crippen LogP contribution < -0.4 is 0 Å². The highest BCUT2D eigenvalue weighted by atomic mass is 35.5. The van der Waals surface area contributed by atoms with Gasteiger partial charge < -0.3 is 0 Å². The van der Waals surface area contributed by atoms with E-state index in [1.165, 1.54) is 0 Å². The van der Waals surface area contributed by atoms with Crippen LogP contribution in [0.2, 0.25) is 10.0 Å². The Labute approximate surface area is 126 Å². The van der Waals surface area contributed by atoms with Crippen LogP contribution in [0, 0.1) is 20.2 Å². The van der Waals surface area contributed by atoms with Crippen LogP contribution in [0.15, 0.2) is 0 Å². The summed E-state index contributed by atoms with van der Waals surface area (Å²) in [7, 11) is 0. The lowest BCUT2D eigenvalue weighted by Crippen LogP contribution is -2.09. The monoisotopic (exact) mass is 320 g/mol. The predicted octanol–water partition coefficient (Wildman–Crippen LogP) is 5.06. The van der Waals surface area contributed by atoms with Crippen molar-refractivity contribution in [1.82, 2.24) is 0 Å². The molecule has 8 heteroatoms. The molecule has 0 unspecified atom stereocenters. The lowest BCUT2D eigenvalue weighted by atomic mass is 9.91. The van der Waals surface area contributed by atoms with Gasteiger partial charge in [-0.3, -0.25) is 20.2 Å². The Morgan fingerprint density at radius 2 is 1.20 bits per heavy atom. The minimum atomic E-state index is -0.722.